The Morgan fingerprint density at radius 1 is 1.22 bits per heavy atom. The van der Waals surface area contributed by atoms with Gasteiger partial charge in [-0.1, -0.05) is 19.9 Å². The summed E-state index contributed by atoms with van der Waals surface area (Å²) in [7, 11) is 1.24. The van der Waals surface area contributed by atoms with Crippen molar-refractivity contribution in [2.75, 3.05) is 44.7 Å². The summed E-state index contributed by atoms with van der Waals surface area (Å²) in [4.78, 5) is 28.6. The molecule has 1 fully saturated rings. The molecule has 0 aliphatic carbocycles. The Hall–Kier alpha value is -2.15. The fourth-order valence-corrected chi connectivity index (χ4v) is 3.24. The van der Waals surface area contributed by atoms with E-state index in [0.29, 0.717) is 44.3 Å². The van der Waals surface area contributed by atoms with Crippen LogP contribution in [0, 0.1) is 11.7 Å². The molecule has 0 saturated carbocycles. The number of carbonyl (C=O) groups excluding carboxylic acids is 2. The Labute approximate surface area is 160 Å². The lowest BCUT2D eigenvalue weighted by atomic mass is 9.99. The average molecular weight is 379 g/mol. The van der Waals surface area contributed by atoms with Crippen LogP contribution in [0.2, 0.25) is 0 Å². The van der Waals surface area contributed by atoms with Crippen molar-refractivity contribution in [1.29, 1.82) is 0 Å². The zero-order valence-electron chi connectivity index (χ0n) is 16.8. The highest BCUT2D eigenvalue weighted by Crippen LogP contribution is 2.27. The lowest BCUT2D eigenvalue weighted by molar-refractivity contribution is -0.132. The predicted octanol–water partition coefficient (Wildman–Crippen LogP) is 2.29. The zero-order valence-corrected chi connectivity index (χ0v) is 16.8. The molecule has 0 bridgehead atoms. The maximum atomic E-state index is 14.2. The van der Waals surface area contributed by atoms with Crippen molar-refractivity contribution >= 4 is 17.6 Å². The van der Waals surface area contributed by atoms with E-state index in [9.17, 15) is 14.0 Å². The number of methoxy groups -OCH3 is 1. The van der Waals surface area contributed by atoms with Gasteiger partial charge in [0, 0.05) is 32.7 Å². The van der Waals surface area contributed by atoms with Crippen LogP contribution >= 0.6 is 0 Å². The highest BCUT2D eigenvalue weighted by atomic mass is 19.1. The fourth-order valence-electron chi connectivity index (χ4n) is 3.24. The van der Waals surface area contributed by atoms with Crippen LogP contribution in [0.25, 0.3) is 0 Å². The van der Waals surface area contributed by atoms with E-state index in [-0.39, 0.29) is 11.5 Å². The first-order chi connectivity index (χ1) is 12.7. The second-order valence-corrected chi connectivity index (χ2v) is 7.76. The molecule has 1 aromatic carbocycles. The van der Waals surface area contributed by atoms with Crippen LogP contribution in [0.15, 0.2) is 18.2 Å². The largest absolute Gasteiger partial charge is 0.465 e. The van der Waals surface area contributed by atoms with Crippen LogP contribution in [0.5, 0.6) is 0 Å². The normalized spacial score (nSPS) is 15.7. The highest BCUT2D eigenvalue weighted by Gasteiger charge is 2.37. The standard InChI is InChI=1S/C20H30FN3O3/c1-14(2)13-22-19(26)20(3,4)24-11-9-23(10-12-24)16-8-6-7-15(21)17(16)18(25)27-5/h6-8,14H,9-13H2,1-5H3,(H,22,26). The molecule has 1 heterocycles. The van der Waals surface area contributed by atoms with E-state index in [1.807, 2.05) is 18.7 Å². The number of benzene rings is 1. The van der Waals surface area contributed by atoms with Crippen LogP contribution in [0.3, 0.4) is 0 Å². The molecule has 1 N–H and O–H groups in total. The molecule has 150 valence electrons. The molecular weight excluding hydrogens is 349 g/mol. The first kappa shape index (κ1) is 21.2. The summed E-state index contributed by atoms with van der Waals surface area (Å²) < 4.78 is 18.9. The number of nitrogens with one attached hydrogen (secondary N) is 1. The number of anilines is 1. The van der Waals surface area contributed by atoms with Crippen molar-refractivity contribution in [1.82, 2.24) is 10.2 Å². The Kier molecular flexibility index (Phi) is 6.81. The Balaban J connectivity index is 2.08. The van der Waals surface area contributed by atoms with Gasteiger partial charge in [0.05, 0.1) is 18.3 Å². The van der Waals surface area contributed by atoms with Crippen molar-refractivity contribution in [2.24, 2.45) is 5.92 Å². The molecule has 7 heteroatoms. The highest BCUT2D eigenvalue weighted by molar-refractivity contribution is 5.96. The molecule has 0 aromatic heterocycles. The maximum Gasteiger partial charge on any atom is 0.342 e. The topological polar surface area (TPSA) is 61.9 Å². The molecule has 0 atom stereocenters. The Morgan fingerprint density at radius 3 is 2.41 bits per heavy atom. The second-order valence-electron chi connectivity index (χ2n) is 7.76. The number of rotatable bonds is 6. The van der Waals surface area contributed by atoms with Gasteiger partial charge in [-0.15, -0.1) is 0 Å². The van der Waals surface area contributed by atoms with E-state index in [1.165, 1.54) is 13.2 Å². The number of amides is 1. The van der Waals surface area contributed by atoms with E-state index >= 15 is 0 Å². The minimum absolute atomic E-state index is 0.00524. The molecule has 1 aliphatic heterocycles. The van der Waals surface area contributed by atoms with Gasteiger partial charge in [-0.05, 0) is 31.9 Å². The molecule has 1 amide bonds. The predicted molar refractivity (Wildman–Crippen MR) is 103 cm³/mol. The van der Waals surface area contributed by atoms with Gasteiger partial charge in [0.2, 0.25) is 5.91 Å². The van der Waals surface area contributed by atoms with Gasteiger partial charge in [-0.25, -0.2) is 9.18 Å². The van der Waals surface area contributed by atoms with E-state index in [2.05, 4.69) is 24.1 Å². The van der Waals surface area contributed by atoms with Crippen molar-refractivity contribution in [3.63, 3.8) is 0 Å². The summed E-state index contributed by atoms with van der Waals surface area (Å²) in [6.07, 6.45) is 0. The SMILES string of the molecule is COC(=O)c1c(F)cccc1N1CCN(C(C)(C)C(=O)NCC(C)C)CC1. The molecule has 1 aromatic rings. The first-order valence-corrected chi connectivity index (χ1v) is 9.33. The molecular formula is C20H30FN3O3. The maximum absolute atomic E-state index is 14.2. The van der Waals surface area contributed by atoms with Gasteiger partial charge in [0.15, 0.2) is 0 Å². The number of carbonyl (C=O) groups is 2. The molecule has 1 aliphatic rings. The number of piperazine rings is 1. The van der Waals surface area contributed by atoms with E-state index in [0.717, 1.165) is 0 Å². The molecule has 0 spiro atoms. The molecule has 0 unspecified atom stereocenters. The van der Waals surface area contributed by atoms with Crippen molar-refractivity contribution in [2.45, 2.75) is 33.2 Å². The fraction of sp³-hybridized carbons (Fsp3) is 0.600. The monoisotopic (exact) mass is 379 g/mol. The van der Waals surface area contributed by atoms with Crippen LogP contribution in [0.1, 0.15) is 38.1 Å². The van der Waals surface area contributed by atoms with Gasteiger partial charge in [0.1, 0.15) is 11.4 Å². The number of nitrogens with zero attached hydrogens (tertiary/aromatic N) is 2. The number of ether oxygens (including phenoxy) is 1. The summed E-state index contributed by atoms with van der Waals surface area (Å²) in [6.45, 7) is 11.1. The third kappa shape index (κ3) is 4.77. The summed E-state index contributed by atoms with van der Waals surface area (Å²) in [5, 5.41) is 3.00. The molecule has 0 radical (unpaired) electrons. The van der Waals surface area contributed by atoms with Gasteiger partial charge in [-0.2, -0.15) is 0 Å². The van der Waals surface area contributed by atoms with Gasteiger partial charge in [-0.3, -0.25) is 9.69 Å². The molecule has 2 rings (SSSR count). The lowest BCUT2D eigenvalue weighted by Crippen LogP contribution is -2.61. The van der Waals surface area contributed by atoms with Crippen molar-refractivity contribution < 1.29 is 18.7 Å². The summed E-state index contributed by atoms with van der Waals surface area (Å²) in [5.41, 5.74) is -0.139. The smallest absolute Gasteiger partial charge is 0.342 e. The van der Waals surface area contributed by atoms with Crippen LogP contribution in [-0.2, 0) is 9.53 Å². The molecule has 1 saturated heterocycles. The summed E-state index contributed by atoms with van der Waals surface area (Å²) in [5.74, 6) is -0.869. The molecule has 27 heavy (non-hydrogen) atoms. The summed E-state index contributed by atoms with van der Waals surface area (Å²) in [6, 6.07) is 4.58. The van der Waals surface area contributed by atoms with Crippen molar-refractivity contribution in [3.8, 4) is 0 Å². The van der Waals surface area contributed by atoms with Gasteiger partial charge < -0.3 is 15.0 Å². The van der Waals surface area contributed by atoms with E-state index in [1.54, 1.807) is 12.1 Å². The first-order valence-electron chi connectivity index (χ1n) is 9.33. The Bertz CT molecular complexity index is 683. The number of esters is 1. The third-order valence-corrected chi connectivity index (χ3v) is 5.02. The summed E-state index contributed by atoms with van der Waals surface area (Å²) >= 11 is 0. The van der Waals surface area contributed by atoms with Crippen LogP contribution in [-0.4, -0.2) is 62.1 Å². The van der Waals surface area contributed by atoms with E-state index in [4.69, 9.17) is 4.74 Å². The van der Waals surface area contributed by atoms with Crippen LogP contribution in [0.4, 0.5) is 10.1 Å². The number of hydrogen-bond acceptors (Lipinski definition) is 5. The van der Waals surface area contributed by atoms with E-state index < -0.39 is 17.3 Å². The van der Waals surface area contributed by atoms with Crippen molar-refractivity contribution in [3.05, 3.63) is 29.6 Å². The van der Waals surface area contributed by atoms with Gasteiger partial charge in [0.25, 0.3) is 0 Å². The number of hydrogen-bond donors (Lipinski definition) is 1. The van der Waals surface area contributed by atoms with Crippen LogP contribution < -0.4 is 10.2 Å². The zero-order chi connectivity index (χ0) is 20.2. The van der Waals surface area contributed by atoms with Gasteiger partial charge >= 0.3 is 5.97 Å². The lowest BCUT2D eigenvalue weighted by Gasteiger charge is -2.44. The quantitative estimate of drug-likeness (QED) is 0.769. The minimum Gasteiger partial charge on any atom is -0.465 e. The molecule has 6 nitrogen and oxygen atoms in total. The average Bonchev–Trinajstić information content (AvgIpc) is 2.65. The second kappa shape index (κ2) is 8.69. The minimum atomic E-state index is -0.682. The number of halogens is 1. The Morgan fingerprint density at radius 2 is 1.85 bits per heavy atom. The third-order valence-electron chi connectivity index (χ3n) is 5.02.